The number of rotatable bonds is 6. The molecule has 1 aromatic heterocycles. The molecule has 2 aromatic carbocycles. The second-order valence-corrected chi connectivity index (χ2v) is 6.34. The van der Waals surface area contributed by atoms with Gasteiger partial charge < -0.3 is 23.9 Å². The fraction of sp³-hybridized carbons (Fsp3) is 0.200. The maximum Gasteiger partial charge on any atom is 0.375 e. The number of amides is 1. The van der Waals surface area contributed by atoms with E-state index in [9.17, 15) is 9.59 Å². The van der Waals surface area contributed by atoms with Gasteiger partial charge >= 0.3 is 5.97 Å². The third kappa shape index (κ3) is 4.20. The third-order valence-electron chi connectivity index (χ3n) is 3.98. The summed E-state index contributed by atoms with van der Waals surface area (Å²) in [4.78, 5) is 24.6. The number of benzene rings is 2. The molecule has 0 aliphatic rings. The summed E-state index contributed by atoms with van der Waals surface area (Å²) in [5.41, 5.74) is 0.975. The molecule has 0 spiro atoms. The second kappa shape index (κ2) is 8.22. The van der Waals surface area contributed by atoms with E-state index in [1.165, 1.54) is 27.2 Å². The first kappa shape index (κ1) is 19.6. The zero-order valence-electron chi connectivity index (χ0n) is 15.4. The predicted molar refractivity (Wildman–Crippen MR) is 104 cm³/mol. The van der Waals surface area contributed by atoms with Crippen LogP contribution in [-0.4, -0.2) is 32.2 Å². The summed E-state index contributed by atoms with van der Waals surface area (Å²) >= 11 is 5.92. The van der Waals surface area contributed by atoms with Gasteiger partial charge in [-0.2, -0.15) is 0 Å². The number of carbonyl (C=O) groups is 2. The minimum Gasteiger partial charge on any atom is -0.493 e. The molecule has 1 atom stereocenters. The Labute approximate surface area is 166 Å². The van der Waals surface area contributed by atoms with Gasteiger partial charge in [0.15, 0.2) is 17.6 Å². The number of hydrogen-bond acceptors (Lipinski definition) is 6. The molecule has 0 aliphatic heterocycles. The lowest BCUT2D eigenvalue weighted by Gasteiger charge is -2.14. The van der Waals surface area contributed by atoms with Crippen LogP contribution >= 0.6 is 11.6 Å². The van der Waals surface area contributed by atoms with Crippen molar-refractivity contribution in [3.8, 4) is 11.5 Å². The van der Waals surface area contributed by atoms with E-state index < -0.39 is 18.0 Å². The lowest BCUT2D eigenvalue weighted by molar-refractivity contribution is -0.123. The smallest absolute Gasteiger partial charge is 0.375 e. The molecule has 7 nitrogen and oxygen atoms in total. The van der Waals surface area contributed by atoms with E-state index >= 15 is 0 Å². The first-order valence-corrected chi connectivity index (χ1v) is 8.72. The molecule has 3 rings (SSSR count). The van der Waals surface area contributed by atoms with Crippen molar-refractivity contribution in [2.24, 2.45) is 0 Å². The molecule has 1 amide bonds. The number of fused-ring (bicyclic) bond motifs is 1. The van der Waals surface area contributed by atoms with Crippen molar-refractivity contribution in [3.63, 3.8) is 0 Å². The number of halogens is 1. The van der Waals surface area contributed by atoms with E-state index in [1.54, 1.807) is 36.4 Å². The van der Waals surface area contributed by atoms with Crippen LogP contribution in [0.2, 0.25) is 5.02 Å². The Morgan fingerprint density at radius 1 is 1.04 bits per heavy atom. The fourth-order valence-corrected chi connectivity index (χ4v) is 2.73. The first-order chi connectivity index (χ1) is 13.4. The number of ether oxygens (including phenoxy) is 3. The number of carbonyl (C=O) groups excluding carboxylic acids is 2. The van der Waals surface area contributed by atoms with Crippen LogP contribution in [0.3, 0.4) is 0 Å². The Balaban J connectivity index is 1.66. The summed E-state index contributed by atoms with van der Waals surface area (Å²) in [6.45, 7) is 1.47. The van der Waals surface area contributed by atoms with Gasteiger partial charge in [-0.15, -0.1) is 0 Å². The van der Waals surface area contributed by atoms with Crippen molar-refractivity contribution in [1.29, 1.82) is 0 Å². The van der Waals surface area contributed by atoms with Crippen molar-refractivity contribution in [1.82, 2.24) is 0 Å². The average molecular weight is 404 g/mol. The molecule has 0 aliphatic carbocycles. The highest BCUT2D eigenvalue weighted by Crippen LogP contribution is 2.30. The zero-order valence-corrected chi connectivity index (χ0v) is 16.2. The number of furan rings is 1. The maximum absolute atomic E-state index is 12.3. The van der Waals surface area contributed by atoms with E-state index in [0.29, 0.717) is 33.2 Å². The summed E-state index contributed by atoms with van der Waals surface area (Å²) in [5, 5.41) is 3.85. The van der Waals surface area contributed by atoms with Gasteiger partial charge in [0.25, 0.3) is 5.91 Å². The van der Waals surface area contributed by atoms with Crippen molar-refractivity contribution in [2.75, 3.05) is 19.5 Å². The second-order valence-electron chi connectivity index (χ2n) is 5.90. The van der Waals surface area contributed by atoms with Crippen molar-refractivity contribution >= 4 is 40.1 Å². The van der Waals surface area contributed by atoms with Gasteiger partial charge in [-0.25, -0.2) is 4.79 Å². The third-order valence-corrected chi connectivity index (χ3v) is 4.22. The van der Waals surface area contributed by atoms with Gasteiger partial charge in [-0.05, 0) is 43.3 Å². The van der Waals surface area contributed by atoms with Crippen LogP contribution in [-0.2, 0) is 9.53 Å². The van der Waals surface area contributed by atoms with E-state index in [-0.39, 0.29) is 5.76 Å². The lowest BCUT2D eigenvalue weighted by Crippen LogP contribution is -2.29. The number of hydrogen-bond donors (Lipinski definition) is 1. The summed E-state index contributed by atoms with van der Waals surface area (Å²) < 4.78 is 21.0. The Kier molecular flexibility index (Phi) is 5.75. The molecule has 8 heteroatoms. The molecule has 0 saturated heterocycles. The Morgan fingerprint density at radius 3 is 2.50 bits per heavy atom. The highest BCUT2D eigenvalue weighted by atomic mass is 35.5. The fourth-order valence-electron chi connectivity index (χ4n) is 2.54. The maximum atomic E-state index is 12.3. The van der Waals surface area contributed by atoms with E-state index in [0.717, 1.165) is 0 Å². The molecule has 146 valence electrons. The van der Waals surface area contributed by atoms with Gasteiger partial charge in [0.05, 0.1) is 14.2 Å². The number of anilines is 1. The molecule has 0 fully saturated rings. The minimum absolute atomic E-state index is 0.0111. The quantitative estimate of drug-likeness (QED) is 0.618. The average Bonchev–Trinajstić information content (AvgIpc) is 3.11. The summed E-state index contributed by atoms with van der Waals surface area (Å²) in [6, 6.07) is 11.4. The van der Waals surface area contributed by atoms with Gasteiger partial charge in [-0.1, -0.05) is 11.6 Å². The molecular weight excluding hydrogens is 386 g/mol. The molecule has 0 saturated carbocycles. The summed E-state index contributed by atoms with van der Waals surface area (Å²) in [6.07, 6.45) is -1.04. The molecule has 3 aromatic rings. The van der Waals surface area contributed by atoms with Crippen LogP contribution in [0.15, 0.2) is 46.9 Å². The van der Waals surface area contributed by atoms with Gasteiger partial charge in [0.1, 0.15) is 5.58 Å². The monoisotopic (exact) mass is 403 g/mol. The predicted octanol–water partition coefficient (Wildman–Crippen LogP) is 4.29. The molecule has 0 radical (unpaired) electrons. The molecular formula is C20H18ClNO6. The highest BCUT2D eigenvalue weighted by Gasteiger charge is 2.22. The molecule has 1 unspecified atom stereocenters. The Morgan fingerprint density at radius 2 is 1.79 bits per heavy atom. The topological polar surface area (TPSA) is 87.0 Å². The van der Waals surface area contributed by atoms with Gasteiger partial charge in [0.2, 0.25) is 5.76 Å². The number of esters is 1. The number of methoxy groups -OCH3 is 2. The molecule has 1 N–H and O–H groups in total. The van der Waals surface area contributed by atoms with E-state index in [4.69, 9.17) is 30.2 Å². The van der Waals surface area contributed by atoms with E-state index in [1.807, 2.05) is 0 Å². The zero-order chi connectivity index (χ0) is 20.3. The normalized spacial score (nSPS) is 11.7. The highest BCUT2D eigenvalue weighted by molar-refractivity contribution is 6.31. The standard InChI is InChI=1S/C20H18ClNO6/c1-11(19(23)22-14-5-7-16(25-2)17(10-14)26-3)27-20(24)18-9-12-8-13(21)4-6-15(12)28-18/h4-11H,1-3H3,(H,22,23). The minimum atomic E-state index is -1.04. The van der Waals surface area contributed by atoms with Gasteiger partial charge in [0, 0.05) is 22.2 Å². The Hall–Kier alpha value is -3.19. The SMILES string of the molecule is COc1ccc(NC(=O)C(C)OC(=O)c2cc3cc(Cl)ccc3o2)cc1OC. The van der Waals surface area contributed by atoms with Crippen LogP contribution in [0.1, 0.15) is 17.5 Å². The van der Waals surface area contributed by atoms with E-state index in [2.05, 4.69) is 5.32 Å². The van der Waals surface area contributed by atoms with Crippen LogP contribution in [0, 0.1) is 0 Å². The molecule has 0 bridgehead atoms. The molecule has 28 heavy (non-hydrogen) atoms. The molecule has 1 heterocycles. The lowest BCUT2D eigenvalue weighted by atomic mass is 10.2. The van der Waals surface area contributed by atoms with Crippen LogP contribution in [0.25, 0.3) is 11.0 Å². The van der Waals surface area contributed by atoms with Crippen LogP contribution in [0.4, 0.5) is 5.69 Å². The first-order valence-electron chi connectivity index (χ1n) is 8.34. The van der Waals surface area contributed by atoms with Crippen LogP contribution < -0.4 is 14.8 Å². The van der Waals surface area contributed by atoms with Crippen molar-refractivity contribution < 1.29 is 28.2 Å². The van der Waals surface area contributed by atoms with Crippen molar-refractivity contribution in [2.45, 2.75) is 13.0 Å². The van der Waals surface area contributed by atoms with Crippen LogP contribution in [0.5, 0.6) is 11.5 Å². The van der Waals surface area contributed by atoms with Gasteiger partial charge in [-0.3, -0.25) is 4.79 Å². The van der Waals surface area contributed by atoms with Crippen molar-refractivity contribution in [3.05, 3.63) is 53.2 Å². The number of nitrogens with one attached hydrogen (secondary N) is 1. The Bertz CT molecular complexity index is 1030. The summed E-state index contributed by atoms with van der Waals surface area (Å²) in [7, 11) is 3.01. The summed E-state index contributed by atoms with van der Waals surface area (Å²) in [5.74, 6) is -0.263. The largest absolute Gasteiger partial charge is 0.493 e.